The first-order valence-corrected chi connectivity index (χ1v) is 6.70. The third-order valence-corrected chi connectivity index (χ3v) is 4.07. The van der Waals surface area contributed by atoms with E-state index < -0.39 is 10.1 Å². The van der Waals surface area contributed by atoms with E-state index in [-0.39, 0.29) is 4.90 Å². The SMILES string of the molecule is O=S(=O)(O)c1ccc2cc1-c1ccc-2c(Cl)c1. The van der Waals surface area contributed by atoms with Gasteiger partial charge in [0.15, 0.2) is 0 Å². The predicted octanol–water partition coefficient (Wildman–Crippen LogP) is 3.23. The van der Waals surface area contributed by atoms with Gasteiger partial charge in [-0.05, 0) is 29.3 Å². The second-order valence-electron chi connectivity index (χ2n) is 3.88. The number of hydrogen-bond acceptors (Lipinski definition) is 2. The summed E-state index contributed by atoms with van der Waals surface area (Å²) in [6, 6.07) is 10.1. The van der Waals surface area contributed by atoms with Gasteiger partial charge in [0, 0.05) is 16.1 Å². The van der Waals surface area contributed by atoms with Gasteiger partial charge >= 0.3 is 0 Å². The van der Waals surface area contributed by atoms with Gasteiger partial charge < -0.3 is 0 Å². The minimum Gasteiger partial charge on any atom is -0.282 e. The first-order valence-electron chi connectivity index (χ1n) is 4.89. The monoisotopic (exact) mass is 266 g/mol. The molecule has 0 spiro atoms. The van der Waals surface area contributed by atoms with Gasteiger partial charge in [0.1, 0.15) is 4.90 Å². The quantitative estimate of drug-likeness (QED) is 0.688. The van der Waals surface area contributed by atoms with E-state index in [1.54, 1.807) is 24.3 Å². The Bertz CT molecular complexity index is 735. The van der Waals surface area contributed by atoms with Gasteiger partial charge in [-0.2, -0.15) is 8.42 Å². The molecule has 4 bridgehead atoms. The molecule has 86 valence electrons. The van der Waals surface area contributed by atoms with Gasteiger partial charge in [0.25, 0.3) is 10.1 Å². The van der Waals surface area contributed by atoms with Crippen LogP contribution in [0.5, 0.6) is 0 Å². The molecule has 3 nitrogen and oxygen atoms in total. The van der Waals surface area contributed by atoms with Crippen molar-refractivity contribution in [2.45, 2.75) is 4.90 Å². The van der Waals surface area contributed by atoms with Gasteiger partial charge in [-0.25, -0.2) is 0 Å². The van der Waals surface area contributed by atoms with Crippen LogP contribution in [0.2, 0.25) is 5.02 Å². The van der Waals surface area contributed by atoms with Gasteiger partial charge in [-0.3, -0.25) is 4.55 Å². The normalized spacial score (nSPS) is 12.6. The Morgan fingerprint density at radius 1 is 0.941 bits per heavy atom. The van der Waals surface area contributed by atoms with Crippen molar-refractivity contribution in [1.29, 1.82) is 0 Å². The van der Waals surface area contributed by atoms with Crippen LogP contribution in [0.25, 0.3) is 22.3 Å². The highest BCUT2D eigenvalue weighted by molar-refractivity contribution is 7.86. The van der Waals surface area contributed by atoms with Crippen LogP contribution in [0.4, 0.5) is 0 Å². The molecular formula is C12H7ClO3S. The zero-order chi connectivity index (χ0) is 12.2. The van der Waals surface area contributed by atoms with Crippen molar-refractivity contribution in [2.24, 2.45) is 0 Å². The molecule has 2 aromatic carbocycles. The van der Waals surface area contributed by atoms with E-state index in [1.165, 1.54) is 6.07 Å². The van der Waals surface area contributed by atoms with Crippen LogP contribution < -0.4 is 0 Å². The molecule has 0 atom stereocenters. The Labute approximate surface area is 103 Å². The molecule has 0 heterocycles. The molecule has 2 aromatic rings. The van der Waals surface area contributed by atoms with Crippen LogP contribution in [0.3, 0.4) is 0 Å². The second-order valence-corrected chi connectivity index (χ2v) is 5.68. The summed E-state index contributed by atoms with van der Waals surface area (Å²) in [5.74, 6) is 0. The minimum absolute atomic E-state index is 0.0928. The molecule has 0 fully saturated rings. The van der Waals surface area contributed by atoms with Crippen molar-refractivity contribution in [1.82, 2.24) is 0 Å². The van der Waals surface area contributed by atoms with E-state index in [0.717, 1.165) is 11.1 Å². The van der Waals surface area contributed by atoms with E-state index in [9.17, 15) is 13.0 Å². The topological polar surface area (TPSA) is 54.4 Å². The van der Waals surface area contributed by atoms with E-state index >= 15 is 0 Å². The van der Waals surface area contributed by atoms with Crippen molar-refractivity contribution in [3.8, 4) is 22.3 Å². The number of hydrogen-bond donors (Lipinski definition) is 1. The van der Waals surface area contributed by atoms with Crippen molar-refractivity contribution < 1.29 is 13.0 Å². The van der Waals surface area contributed by atoms with Crippen LogP contribution in [0.15, 0.2) is 41.3 Å². The van der Waals surface area contributed by atoms with E-state index in [2.05, 4.69) is 0 Å². The molecule has 0 radical (unpaired) electrons. The Balaban J connectivity index is 2.45. The maximum atomic E-state index is 11.3. The number of benzene rings is 2. The lowest BCUT2D eigenvalue weighted by Gasteiger charge is -2.05. The largest absolute Gasteiger partial charge is 0.295 e. The molecule has 0 unspecified atom stereocenters. The van der Waals surface area contributed by atoms with E-state index in [1.807, 2.05) is 6.07 Å². The molecular weight excluding hydrogens is 260 g/mol. The molecule has 2 aliphatic carbocycles. The average molecular weight is 267 g/mol. The van der Waals surface area contributed by atoms with Crippen LogP contribution in [0, 0.1) is 0 Å². The van der Waals surface area contributed by atoms with E-state index in [0.29, 0.717) is 16.1 Å². The average Bonchev–Trinajstić information content (AvgIpc) is 2.43. The summed E-state index contributed by atoms with van der Waals surface area (Å²) in [4.78, 5) is -0.0928. The standard InChI is InChI=1S/C12H7ClO3S/c13-11-6-8-1-3-9(11)7-2-4-12(10(8)5-7)17(14,15)16/h1-6H,(H,14,15,16). The van der Waals surface area contributed by atoms with Crippen molar-refractivity contribution in [3.63, 3.8) is 0 Å². The van der Waals surface area contributed by atoms with Gasteiger partial charge in [-0.1, -0.05) is 29.8 Å². The molecule has 0 amide bonds. The van der Waals surface area contributed by atoms with Gasteiger partial charge in [-0.15, -0.1) is 0 Å². The van der Waals surface area contributed by atoms with Crippen LogP contribution in [-0.4, -0.2) is 13.0 Å². The molecule has 0 aromatic heterocycles. The zero-order valence-corrected chi connectivity index (χ0v) is 10.1. The van der Waals surface area contributed by atoms with Crippen LogP contribution in [-0.2, 0) is 10.1 Å². The zero-order valence-electron chi connectivity index (χ0n) is 8.51. The van der Waals surface area contributed by atoms with Crippen LogP contribution in [0.1, 0.15) is 0 Å². The maximum absolute atomic E-state index is 11.3. The summed E-state index contributed by atoms with van der Waals surface area (Å²) in [6.45, 7) is 0. The summed E-state index contributed by atoms with van der Waals surface area (Å²) in [5.41, 5.74) is 2.87. The predicted molar refractivity (Wildman–Crippen MR) is 65.7 cm³/mol. The number of fused-ring (bicyclic) bond motifs is 2. The van der Waals surface area contributed by atoms with Gasteiger partial charge in [0.2, 0.25) is 0 Å². The smallest absolute Gasteiger partial charge is 0.282 e. The summed E-state index contributed by atoms with van der Waals surface area (Å²) in [6.07, 6.45) is 0. The third-order valence-electron chi connectivity index (χ3n) is 2.85. The Hall–Kier alpha value is -1.36. The fourth-order valence-corrected chi connectivity index (χ4v) is 3.05. The van der Waals surface area contributed by atoms with Crippen molar-refractivity contribution in [3.05, 3.63) is 41.4 Å². The highest BCUT2D eigenvalue weighted by Crippen LogP contribution is 2.40. The lowest BCUT2D eigenvalue weighted by molar-refractivity contribution is 0.483. The third kappa shape index (κ3) is 1.57. The molecule has 0 aliphatic heterocycles. The first kappa shape index (κ1) is 10.8. The number of rotatable bonds is 1. The highest BCUT2D eigenvalue weighted by Gasteiger charge is 2.21. The summed E-state index contributed by atoms with van der Waals surface area (Å²) in [5, 5.41) is 0.574. The second kappa shape index (κ2) is 3.32. The number of halogens is 1. The fraction of sp³-hybridized carbons (Fsp3) is 0. The Kier molecular flexibility index (Phi) is 2.10. The molecule has 0 saturated heterocycles. The molecule has 17 heavy (non-hydrogen) atoms. The fourth-order valence-electron chi connectivity index (χ4n) is 2.06. The highest BCUT2D eigenvalue weighted by atomic mass is 35.5. The van der Waals surface area contributed by atoms with E-state index in [4.69, 9.17) is 11.6 Å². The molecule has 1 N–H and O–H groups in total. The lowest BCUT2D eigenvalue weighted by atomic mass is 10.1. The Morgan fingerprint density at radius 3 is 2.24 bits per heavy atom. The Morgan fingerprint density at radius 2 is 1.59 bits per heavy atom. The molecule has 2 aliphatic rings. The van der Waals surface area contributed by atoms with Gasteiger partial charge in [0.05, 0.1) is 0 Å². The summed E-state index contributed by atoms with van der Waals surface area (Å²) >= 11 is 6.09. The summed E-state index contributed by atoms with van der Waals surface area (Å²) < 4.78 is 31.7. The van der Waals surface area contributed by atoms with Crippen LogP contribution >= 0.6 is 11.6 Å². The van der Waals surface area contributed by atoms with Crippen molar-refractivity contribution >= 4 is 21.7 Å². The molecule has 5 heteroatoms. The van der Waals surface area contributed by atoms with Crippen molar-refractivity contribution in [2.75, 3.05) is 0 Å². The first-order chi connectivity index (χ1) is 7.97. The molecule has 0 saturated carbocycles. The minimum atomic E-state index is -4.22. The summed E-state index contributed by atoms with van der Waals surface area (Å²) in [7, 11) is -4.22. The molecule has 4 rings (SSSR count). The lowest BCUT2D eigenvalue weighted by Crippen LogP contribution is -2.00. The maximum Gasteiger partial charge on any atom is 0.295 e.